The Labute approximate surface area is 151 Å². The van der Waals surface area contributed by atoms with E-state index in [4.69, 9.17) is 0 Å². The van der Waals surface area contributed by atoms with E-state index in [1.165, 1.54) is 0 Å². The lowest BCUT2D eigenvalue weighted by atomic mass is 10.1. The SMILES string of the molecule is C=CCNC(=O)c1nc(C(=O)NCCc2ccccc2)c2ccccn12. The highest BCUT2D eigenvalue weighted by atomic mass is 16.2. The van der Waals surface area contributed by atoms with Crippen LogP contribution in [0.25, 0.3) is 5.52 Å². The van der Waals surface area contributed by atoms with Crippen LogP contribution >= 0.6 is 0 Å². The first-order valence-electron chi connectivity index (χ1n) is 8.39. The molecule has 0 saturated carbocycles. The van der Waals surface area contributed by atoms with Crippen LogP contribution in [0.1, 0.15) is 26.7 Å². The van der Waals surface area contributed by atoms with Gasteiger partial charge in [-0.3, -0.25) is 14.0 Å². The first-order valence-corrected chi connectivity index (χ1v) is 8.39. The van der Waals surface area contributed by atoms with Crippen molar-refractivity contribution in [3.8, 4) is 0 Å². The molecular formula is C20H20N4O2. The molecule has 2 heterocycles. The van der Waals surface area contributed by atoms with Gasteiger partial charge < -0.3 is 10.6 Å². The summed E-state index contributed by atoms with van der Waals surface area (Å²) in [6.45, 7) is 4.40. The smallest absolute Gasteiger partial charge is 0.287 e. The molecule has 6 heteroatoms. The van der Waals surface area contributed by atoms with Crippen molar-refractivity contribution in [2.75, 3.05) is 13.1 Å². The fourth-order valence-electron chi connectivity index (χ4n) is 2.66. The molecule has 0 aliphatic heterocycles. The standard InChI is InChI=1S/C20H20N4O2/c1-2-12-21-20(26)18-23-17(16-10-6-7-14-24(16)18)19(25)22-13-11-15-8-4-3-5-9-15/h2-10,14H,1,11-13H2,(H,21,26)(H,22,25). The Morgan fingerprint density at radius 3 is 2.58 bits per heavy atom. The number of carbonyl (C=O) groups excluding carboxylic acids is 2. The number of rotatable bonds is 7. The third kappa shape index (κ3) is 3.80. The van der Waals surface area contributed by atoms with Crippen LogP contribution in [0.3, 0.4) is 0 Å². The van der Waals surface area contributed by atoms with Gasteiger partial charge in [0.25, 0.3) is 11.8 Å². The monoisotopic (exact) mass is 348 g/mol. The summed E-state index contributed by atoms with van der Waals surface area (Å²) in [6.07, 6.45) is 4.03. The minimum Gasteiger partial charge on any atom is -0.350 e. The van der Waals surface area contributed by atoms with Crippen LogP contribution in [-0.4, -0.2) is 34.3 Å². The van der Waals surface area contributed by atoms with E-state index in [1.807, 2.05) is 36.4 Å². The highest BCUT2D eigenvalue weighted by molar-refractivity contribution is 6.02. The topological polar surface area (TPSA) is 75.5 Å². The summed E-state index contributed by atoms with van der Waals surface area (Å²) in [5, 5.41) is 5.56. The number of hydrogen-bond donors (Lipinski definition) is 2. The Balaban J connectivity index is 1.77. The Morgan fingerprint density at radius 1 is 1.04 bits per heavy atom. The van der Waals surface area contributed by atoms with E-state index in [9.17, 15) is 9.59 Å². The number of benzene rings is 1. The van der Waals surface area contributed by atoms with E-state index < -0.39 is 0 Å². The zero-order chi connectivity index (χ0) is 18.4. The molecule has 2 aromatic heterocycles. The second-order valence-electron chi connectivity index (χ2n) is 5.73. The number of nitrogens with zero attached hydrogens (tertiary/aromatic N) is 2. The van der Waals surface area contributed by atoms with Gasteiger partial charge in [0.2, 0.25) is 5.82 Å². The summed E-state index contributed by atoms with van der Waals surface area (Å²) >= 11 is 0. The van der Waals surface area contributed by atoms with Crippen molar-refractivity contribution < 1.29 is 9.59 Å². The van der Waals surface area contributed by atoms with Crippen LogP contribution in [0.5, 0.6) is 0 Å². The average molecular weight is 348 g/mol. The molecule has 6 nitrogen and oxygen atoms in total. The zero-order valence-electron chi connectivity index (χ0n) is 14.3. The second-order valence-corrected chi connectivity index (χ2v) is 5.73. The quantitative estimate of drug-likeness (QED) is 0.643. The van der Waals surface area contributed by atoms with E-state index in [0.29, 0.717) is 18.6 Å². The maximum absolute atomic E-state index is 12.6. The van der Waals surface area contributed by atoms with E-state index in [-0.39, 0.29) is 23.3 Å². The number of imidazole rings is 1. The van der Waals surface area contributed by atoms with Gasteiger partial charge in [-0.2, -0.15) is 0 Å². The largest absolute Gasteiger partial charge is 0.350 e. The van der Waals surface area contributed by atoms with Crippen LogP contribution in [0.15, 0.2) is 67.4 Å². The van der Waals surface area contributed by atoms with Crippen molar-refractivity contribution in [2.24, 2.45) is 0 Å². The molecule has 26 heavy (non-hydrogen) atoms. The van der Waals surface area contributed by atoms with Crippen LogP contribution in [-0.2, 0) is 6.42 Å². The van der Waals surface area contributed by atoms with Gasteiger partial charge in [-0.1, -0.05) is 42.5 Å². The van der Waals surface area contributed by atoms with Gasteiger partial charge in [0.15, 0.2) is 5.69 Å². The van der Waals surface area contributed by atoms with E-state index in [1.54, 1.807) is 28.8 Å². The van der Waals surface area contributed by atoms with Crippen LogP contribution in [0, 0.1) is 0 Å². The van der Waals surface area contributed by atoms with Gasteiger partial charge >= 0.3 is 0 Å². The van der Waals surface area contributed by atoms with E-state index >= 15 is 0 Å². The molecule has 0 fully saturated rings. The second kappa shape index (κ2) is 8.11. The maximum atomic E-state index is 12.6. The lowest BCUT2D eigenvalue weighted by Crippen LogP contribution is -2.27. The summed E-state index contributed by atoms with van der Waals surface area (Å²) in [6, 6.07) is 15.3. The minimum atomic E-state index is -0.352. The average Bonchev–Trinajstić information content (AvgIpc) is 3.07. The lowest BCUT2D eigenvalue weighted by molar-refractivity contribution is 0.0947. The third-order valence-electron chi connectivity index (χ3n) is 3.92. The summed E-state index contributed by atoms with van der Waals surface area (Å²) in [7, 11) is 0. The molecule has 0 saturated heterocycles. The Kier molecular flexibility index (Phi) is 5.43. The van der Waals surface area contributed by atoms with Crippen molar-refractivity contribution in [1.82, 2.24) is 20.0 Å². The van der Waals surface area contributed by atoms with E-state index in [0.717, 1.165) is 12.0 Å². The lowest BCUT2D eigenvalue weighted by Gasteiger charge is -2.04. The van der Waals surface area contributed by atoms with Gasteiger partial charge in [-0.15, -0.1) is 6.58 Å². The number of pyridine rings is 1. The number of aromatic nitrogens is 2. The van der Waals surface area contributed by atoms with Crippen LogP contribution < -0.4 is 10.6 Å². The molecule has 2 N–H and O–H groups in total. The number of amides is 2. The fraction of sp³-hybridized carbons (Fsp3) is 0.150. The van der Waals surface area contributed by atoms with Gasteiger partial charge in [0.05, 0.1) is 5.52 Å². The number of hydrogen-bond acceptors (Lipinski definition) is 3. The number of fused-ring (bicyclic) bond motifs is 1. The summed E-state index contributed by atoms with van der Waals surface area (Å²) in [5.41, 5.74) is 1.97. The van der Waals surface area contributed by atoms with Crippen molar-refractivity contribution in [2.45, 2.75) is 6.42 Å². The molecule has 2 amide bonds. The molecule has 3 rings (SSSR count). The maximum Gasteiger partial charge on any atom is 0.287 e. The van der Waals surface area contributed by atoms with Gasteiger partial charge in [-0.25, -0.2) is 4.98 Å². The molecule has 0 unspecified atom stereocenters. The van der Waals surface area contributed by atoms with Crippen molar-refractivity contribution in [3.63, 3.8) is 0 Å². The molecule has 0 spiro atoms. The highest BCUT2D eigenvalue weighted by Gasteiger charge is 2.20. The fourth-order valence-corrected chi connectivity index (χ4v) is 2.66. The van der Waals surface area contributed by atoms with E-state index in [2.05, 4.69) is 22.2 Å². The van der Waals surface area contributed by atoms with Crippen molar-refractivity contribution >= 4 is 17.3 Å². The molecule has 132 valence electrons. The molecule has 0 aliphatic carbocycles. The first-order chi connectivity index (χ1) is 12.7. The normalized spacial score (nSPS) is 10.5. The van der Waals surface area contributed by atoms with Gasteiger partial charge in [0, 0.05) is 19.3 Å². The predicted octanol–water partition coefficient (Wildman–Crippen LogP) is 2.22. The molecular weight excluding hydrogens is 328 g/mol. The number of nitrogens with one attached hydrogen (secondary N) is 2. The Hall–Kier alpha value is -3.41. The summed E-state index contributed by atoms with van der Waals surface area (Å²) in [4.78, 5) is 29.1. The molecule has 0 aliphatic rings. The number of carbonyl (C=O) groups is 2. The Morgan fingerprint density at radius 2 is 1.81 bits per heavy atom. The minimum absolute atomic E-state index is 0.177. The summed E-state index contributed by atoms with van der Waals surface area (Å²) in [5.74, 6) is -0.475. The van der Waals surface area contributed by atoms with Crippen molar-refractivity contribution in [3.05, 3.63) is 84.5 Å². The van der Waals surface area contributed by atoms with Gasteiger partial charge in [0.1, 0.15) is 0 Å². The third-order valence-corrected chi connectivity index (χ3v) is 3.92. The highest BCUT2D eigenvalue weighted by Crippen LogP contribution is 2.13. The van der Waals surface area contributed by atoms with Crippen LogP contribution in [0.4, 0.5) is 0 Å². The predicted molar refractivity (Wildman–Crippen MR) is 100 cm³/mol. The van der Waals surface area contributed by atoms with Crippen molar-refractivity contribution in [1.29, 1.82) is 0 Å². The van der Waals surface area contributed by atoms with Crippen LogP contribution in [0.2, 0.25) is 0 Å². The molecule has 3 aromatic rings. The zero-order valence-corrected chi connectivity index (χ0v) is 14.3. The van der Waals surface area contributed by atoms with Gasteiger partial charge in [-0.05, 0) is 24.1 Å². The Bertz CT molecular complexity index is 931. The molecule has 0 bridgehead atoms. The molecule has 1 aromatic carbocycles. The molecule has 0 atom stereocenters. The first kappa shape index (κ1) is 17.4. The summed E-state index contributed by atoms with van der Waals surface area (Å²) < 4.78 is 1.62. The molecule has 0 radical (unpaired) electrons.